The summed E-state index contributed by atoms with van der Waals surface area (Å²) in [6.07, 6.45) is 6.58. The third-order valence-corrected chi connectivity index (χ3v) is 5.24. The minimum atomic E-state index is -0.503. The molecular formula is C20H17F2N7. The van der Waals surface area contributed by atoms with Gasteiger partial charge in [-0.3, -0.25) is 0 Å². The number of benzene rings is 1. The molecule has 0 bridgehead atoms. The van der Waals surface area contributed by atoms with Gasteiger partial charge in [0.2, 0.25) is 0 Å². The second kappa shape index (κ2) is 6.77. The maximum atomic E-state index is 15.0. The molecule has 0 unspecified atom stereocenters. The molecule has 0 N–H and O–H groups in total. The maximum absolute atomic E-state index is 15.0. The Kier molecular flexibility index (Phi) is 4.08. The van der Waals surface area contributed by atoms with Crippen molar-refractivity contribution in [1.29, 1.82) is 0 Å². The first kappa shape index (κ1) is 17.5. The van der Waals surface area contributed by atoms with E-state index in [2.05, 4.69) is 25.0 Å². The van der Waals surface area contributed by atoms with E-state index < -0.39 is 5.82 Å². The van der Waals surface area contributed by atoms with E-state index in [1.165, 1.54) is 30.6 Å². The Labute approximate surface area is 165 Å². The summed E-state index contributed by atoms with van der Waals surface area (Å²) in [5, 5.41) is 4.23. The molecule has 146 valence electrons. The Morgan fingerprint density at radius 1 is 1.00 bits per heavy atom. The number of aromatic nitrogens is 5. The third-order valence-electron chi connectivity index (χ3n) is 5.24. The van der Waals surface area contributed by atoms with E-state index in [4.69, 9.17) is 0 Å². The Balaban J connectivity index is 1.36. The van der Waals surface area contributed by atoms with Gasteiger partial charge in [0.15, 0.2) is 17.5 Å². The molecule has 0 aliphatic carbocycles. The van der Waals surface area contributed by atoms with Crippen molar-refractivity contribution in [3.63, 3.8) is 0 Å². The highest BCUT2D eigenvalue weighted by Crippen LogP contribution is 2.31. The largest absolute Gasteiger partial charge is 0.351 e. The Morgan fingerprint density at radius 3 is 2.59 bits per heavy atom. The lowest BCUT2D eigenvalue weighted by Crippen LogP contribution is -2.59. The van der Waals surface area contributed by atoms with Gasteiger partial charge in [-0.25, -0.2) is 28.2 Å². The third kappa shape index (κ3) is 2.95. The van der Waals surface area contributed by atoms with Crippen molar-refractivity contribution in [3.8, 4) is 11.3 Å². The fourth-order valence-corrected chi connectivity index (χ4v) is 3.55. The molecule has 0 saturated carbocycles. The lowest BCUT2D eigenvalue weighted by atomic mass is 10.1. The second-order valence-corrected chi connectivity index (χ2v) is 6.95. The van der Waals surface area contributed by atoms with Gasteiger partial charge in [0.25, 0.3) is 0 Å². The maximum Gasteiger partial charge on any atom is 0.191 e. The number of rotatable bonds is 4. The first-order chi connectivity index (χ1) is 14.1. The second-order valence-electron chi connectivity index (χ2n) is 6.95. The molecule has 3 aromatic heterocycles. The van der Waals surface area contributed by atoms with E-state index in [1.807, 2.05) is 18.0 Å². The van der Waals surface area contributed by atoms with Crippen LogP contribution in [-0.4, -0.2) is 50.7 Å². The molecule has 1 aliphatic rings. The Bertz CT molecular complexity index is 1170. The summed E-state index contributed by atoms with van der Waals surface area (Å²) < 4.78 is 30.0. The van der Waals surface area contributed by atoms with Crippen LogP contribution in [0.2, 0.25) is 0 Å². The van der Waals surface area contributed by atoms with E-state index in [-0.39, 0.29) is 23.4 Å². The fraction of sp³-hybridized carbons (Fsp3) is 0.200. The van der Waals surface area contributed by atoms with Crippen molar-refractivity contribution in [2.24, 2.45) is 0 Å². The van der Waals surface area contributed by atoms with E-state index >= 15 is 4.39 Å². The SMILES string of the molecule is CN(c1nccn2nccc12)C1CN(c2ncnc(-c3ccc(F)cc3)c2F)C1. The lowest BCUT2D eigenvalue weighted by Gasteiger charge is -2.45. The van der Waals surface area contributed by atoms with Crippen LogP contribution >= 0.6 is 0 Å². The van der Waals surface area contributed by atoms with Crippen LogP contribution in [0, 0.1) is 11.6 Å². The van der Waals surface area contributed by atoms with E-state index in [0.29, 0.717) is 18.7 Å². The van der Waals surface area contributed by atoms with E-state index in [9.17, 15) is 4.39 Å². The summed E-state index contributed by atoms with van der Waals surface area (Å²) in [4.78, 5) is 16.6. The van der Waals surface area contributed by atoms with Gasteiger partial charge >= 0.3 is 0 Å². The summed E-state index contributed by atoms with van der Waals surface area (Å²) in [6, 6.07) is 7.66. The predicted octanol–water partition coefficient (Wildman–Crippen LogP) is 2.79. The van der Waals surface area contributed by atoms with Crippen molar-refractivity contribution in [2.75, 3.05) is 29.9 Å². The zero-order chi connectivity index (χ0) is 20.0. The monoisotopic (exact) mass is 393 g/mol. The molecule has 4 heterocycles. The van der Waals surface area contributed by atoms with Crippen LogP contribution in [0.3, 0.4) is 0 Å². The summed E-state index contributed by atoms with van der Waals surface area (Å²) >= 11 is 0. The van der Waals surface area contributed by atoms with Crippen molar-refractivity contribution in [1.82, 2.24) is 24.6 Å². The van der Waals surface area contributed by atoms with E-state index in [1.54, 1.807) is 23.1 Å². The molecule has 5 rings (SSSR count). The molecule has 1 aliphatic heterocycles. The normalized spacial score (nSPS) is 14.2. The van der Waals surface area contributed by atoms with Crippen molar-refractivity contribution >= 4 is 17.2 Å². The average Bonchev–Trinajstić information content (AvgIpc) is 3.18. The Morgan fingerprint density at radius 2 is 1.79 bits per heavy atom. The van der Waals surface area contributed by atoms with Crippen molar-refractivity contribution in [3.05, 3.63) is 66.9 Å². The zero-order valence-electron chi connectivity index (χ0n) is 15.6. The van der Waals surface area contributed by atoms with Crippen LogP contribution < -0.4 is 9.80 Å². The Hall–Kier alpha value is -3.62. The van der Waals surface area contributed by atoms with Gasteiger partial charge in [-0.1, -0.05) is 0 Å². The van der Waals surface area contributed by atoms with Crippen LogP contribution in [0.4, 0.5) is 20.4 Å². The summed E-state index contributed by atoms with van der Waals surface area (Å²) in [6.45, 7) is 1.20. The van der Waals surface area contributed by atoms with Gasteiger partial charge in [-0.15, -0.1) is 0 Å². The molecule has 7 nitrogen and oxygen atoms in total. The first-order valence-corrected chi connectivity index (χ1v) is 9.14. The first-order valence-electron chi connectivity index (χ1n) is 9.14. The fourth-order valence-electron chi connectivity index (χ4n) is 3.55. The van der Waals surface area contributed by atoms with E-state index in [0.717, 1.165) is 11.3 Å². The summed E-state index contributed by atoms with van der Waals surface area (Å²) in [7, 11) is 1.97. The standard InChI is InChI=1S/C20H17F2N7/c1-27(19-16-6-7-26-29(16)9-8-23-19)15-10-28(11-15)20-17(22)18(24-12-25-20)13-2-4-14(21)5-3-13/h2-9,12,15H,10-11H2,1H3. The van der Waals surface area contributed by atoms with Gasteiger partial charge < -0.3 is 9.80 Å². The number of fused-ring (bicyclic) bond motifs is 1. The number of hydrogen-bond acceptors (Lipinski definition) is 6. The number of hydrogen-bond donors (Lipinski definition) is 0. The molecule has 29 heavy (non-hydrogen) atoms. The van der Waals surface area contributed by atoms with Crippen molar-refractivity contribution in [2.45, 2.75) is 6.04 Å². The molecule has 0 spiro atoms. The van der Waals surface area contributed by atoms with Crippen LogP contribution in [0.25, 0.3) is 16.8 Å². The zero-order valence-corrected chi connectivity index (χ0v) is 15.6. The van der Waals surface area contributed by atoms with Crippen LogP contribution in [-0.2, 0) is 0 Å². The molecule has 0 amide bonds. The molecular weight excluding hydrogens is 376 g/mol. The molecule has 0 radical (unpaired) electrons. The van der Waals surface area contributed by atoms with Crippen LogP contribution in [0.5, 0.6) is 0 Å². The minimum Gasteiger partial charge on any atom is -0.351 e. The molecule has 0 atom stereocenters. The minimum absolute atomic E-state index is 0.159. The van der Waals surface area contributed by atoms with Gasteiger partial charge in [0.05, 0.1) is 12.2 Å². The topological polar surface area (TPSA) is 62.5 Å². The highest BCUT2D eigenvalue weighted by molar-refractivity contribution is 5.69. The number of halogens is 2. The molecule has 1 fully saturated rings. The molecule has 1 aromatic carbocycles. The highest BCUT2D eigenvalue weighted by Gasteiger charge is 2.34. The molecule has 9 heteroatoms. The molecule has 1 saturated heterocycles. The van der Waals surface area contributed by atoms with Gasteiger partial charge in [-0.2, -0.15) is 5.10 Å². The average molecular weight is 393 g/mol. The van der Waals surface area contributed by atoms with Crippen LogP contribution in [0.1, 0.15) is 0 Å². The predicted molar refractivity (Wildman–Crippen MR) is 105 cm³/mol. The number of nitrogens with zero attached hydrogens (tertiary/aromatic N) is 7. The van der Waals surface area contributed by atoms with Gasteiger partial charge in [0, 0.05) is 38.1 Å². The van der Waals surface area contributed by atoms with Crippen molar-refractivity contribution < 1.29 is 8.78 Å². The summed E-state index contributed by atoms with van der Waals surface area (Å²) in [5.74, 6) is 0.194. The smallest absolute Gasteiger partial charge is 0.191 e. The van der Waals surface area contributed by atoms with Crippen LogP contribution in [0.15, 0.2) is 55.2 Å². The number of likely N-dealkylation sites (N-methyl/N-ethyl adjacent to an activating group) is 1. The number of anilines is 2. The summed E-state index contributed by atoms with van der Waals surface area (Å²) in [5.41, 5.74) is 1.59. The lowest BCUT2D eigenvalue weighted by molar-refractivity contribution is 0.477. The van der Waals surface area contributed by atoms with Gasteiger partial charge in [0.1, 0.15) is 23.4 Å². The van der Waals surface area contributed by atoms with Gasteiger partial charge in [-0.05, 0) is 30.3 Å². The molecule has 4 aromatic rings. The quantitative estimate of drug-likeness (QED) is 0.531. The highest BCUT2D eigenvalue weighted by atomic mass is 19.1.